The van der Waals surface area contributed by atoms with Crippen LogP contribution in [0.3, 0.4) is 0 Å². The molecule has 3 rings (SSSR count). The van der Waals surface area contributed by atoms with Crippen molar-refractivity contribution in [3.63, 3.8) is 0 Å². The third-order valence-electron chi connectivity index (χ3n) is 3.79. The maximum atomic E-state index is 11.5. The molecule has 0 aliphatic carbocycles. The van der Waals surface area contributed by atoms with Crippen LogP contribution in [0.15, 0.2) is 6.20 Å². The van der Waals surface area contributed by atoms with E-state index in [1.165, 1.54) is 24.8 Å². The second kappa shape index (κ2) is 5.55. The Morgan fingerprint density at radius 1 is 1.62 bits per heavy atom. The number of rotatable bonds is 4. The lowest BCUT2D eigenvalue weighted by Crippen LogP contribution is -2.16. The minimum absolute atomic E-state index is 0.210. The molecule has 0 aromatic carbocycles. The van der Waals surface area contributed by atoms with Crippen LogP contribution in [0.1, 0.15) is 28.9 Å². The van der Waals surface area contributed by atoms with Crippen LogP contribution in [0.5, 0.6) is 0 Å². The Bertz CT molecular complexity index is 692. The van der Waals surface area contributed by atoms with E-state index < -0.39 is 5.97 Å². The first-order valence-electron chi connectivity index (χ1n) is 6.99. The second-order valence-electron chi connectivity index (χ2n) is 5.28. The van der Waals surface area contributed by atoms with E-state index in [2.05, 4.69) is 15.4 Å². The quantitative estimate of drug-likeness (QED) is 0.902. The Morgan fingerprint density at radius 2 is 2.43 bits per heavy atom. The van der Waals surface area contributed by atoms with Gasteiger partial charge in [-0.25, -0.2) is 9.78 Å². The number of carboxylic acid groups (broad SMARTS) is 1. The predicted octanol–water partition coefficient (Wildman–Crippen LogP) is 2.28. The summed E-state index contributed by atoms with van der Waals surface area (Å²) >= 11 is 1.94. The molecule has 1 atom stereocenters. The summed E-state index contributed by atoms with van der Waals surface area (Å²) in [7, 11) is 1.82. The summed E-state index contributed by atoms with van der Waals surface area (Å²) in [6.45, 7) is 2.66. The molecule has 7 heteroatoms. The molecule has 21 heavy (non-hydrogen) atoms. The standard InChI is InChI=1S/C14H18N4O2S/c1-8-11-12(15-6-9-4-3-5-21-9)10(14(19)20)7-16-13(11)18(2)17-8/h7,9H,3-6H2,1-2H3,(H,15,16)(H,19,20). The lowest BCUT2D eigenvalue weighted by atomic mass is 10.1. The van der Waals surface area contributed by atoms with Gasteiger partial charge in [-0.2, -0.15) is 16.9 Å². The number of nitrogens with zero attached hydrogens (tertiary/aromatic N) is 3. The summed E-state index contributed by atoms with van der Waals surface area (Å²) in [5.41, 5.74) is 2.36. The molecule has 1 saturated heterocycles. The van der Waals surface area contributed by atoms with Crippen molar-refractivity contribution in [2.45, 2.75) is 25.0 Å². The van der Waals surface area contributed by atoms with E-state index in [0.717, 1.165) is 17.6 Å². The molecule has 0 bridgehead atoms. The number of aromatic nitrogens is 3. The van der Waals surface area contributed by atoms with E-state index in [4.69, 9.17) is 0 Å². The monoisotopic (exact) mass is 306 g/mol. The van der Waals surface area contributed by atoms with E-state index in [-0.39, 0.29) is 5.56 Å². The van der Waals surface area contributed by atoms with Crippen LogP contribution in [0.4, 0.5) is 5.69 Å². The Balaban J connectivity index is 2.03. The maximum Gasteiger partial charge on any atom is 0.339 e. The van der Waals surface area contributed by atoms with Gasteiger partial charge in [0.25, 0.3) is 0 Å². The largest absolute Gasteiger partial charge is 0.478 e. The summed E-state index contributed by atoms with van der Waals surface area (Å²) in [4.78, 5) is 15.7. The molecular weight excluding hydrogens is 288 g/mol. The van der Waals surface area contributed by atoms with Crippen LogP contribution in [-0.2, 0) is 7.05 Å². The highest BCUT2D eigenvalue weighted by atomic mass is 32.2. The van der Waals surface area contributed by atoms with Gasteiger partial charge in [0.1, 0.15) is 5.56 Å². The predicted molar refractivity (Wildman–Crippen MR) is 84.2 cm³/mol. The number of thioether (sulfide) groups is 1. The molecule has 1 unspecified atom stereocenters. The van der Waals surface area contributed by atoms with Gasteiger partial charge in [0.15, 0.2) is 5.65 Å². The number of aromatic carboxylic acids is 1. The average molecular weight is 306 g/mol. The number of carbonyl (C=O) groups is 1. The van der Waals surface area contributed by atoms with Gasteiger partial charge in [-0.3, -0.25) is 4.68 Å². The van der Waals surface area contributed by atoms with Crippen molar-refractivity contribution in [2.75, 3.05) is 17.6 Å². The number of hydrogen-bond donors (Lipinski definition) is 2. The van der Waals surface area contributed by atoms with Crippen LogP contribution in [0.25, 0.3) is 11.0 Å². The number of carboxylic acids is 1. The van der Waals surface area contributed by atoms with Gasteiger partial charge < -0.3 is 10.4 Å². The smallest absolute Gasteiger partial charge is 0.339 e. The fourth-order valence-electron chi connectivity index (χ4n) is 2.78. The summed E-state index contributed by atoms with van der Waals surface area (Å²) < 4.78 is 1.69. The highest BCUT2D eigenvalue weighted by molar-refractivity contribution is 8.00. The van der Waals surface area contributed by atoms with Gasteiger partial charge in [-0.1, -0.05) is 0 Å². The maximum absolute atomic E-state index is 11.5. The minimum Gasteiger partial charge on any atom is -0.478 e. The zero-order chi connectivity index (χ0) is 15.0. The molecule has 3 heterocycles. The molecular formula is C14H18N4O2S. The van der Waals surface area contributed by atoms with E-state index >= 15 is 0 Å². The average Bonchev–Trinajstić information content (AvgIpc) is 3.05. The van der Waals surface area contributed by atoms with Crippen LogP contribution in [-0.4, -0.2) is 43.4 Å². The highest BCUT2D eigenvalue weighted by Crippen LogP contribution is 2.31. The SMILES string of the molecule is Cc1nn(C)c2ncc(C(=O)O)c(NCC3CCCS3)c12. The molecule has 2 aromatic heterocycles. The lowest BCUT2D eigenvalue weighted by Gasteiger charge is -2.14. The van der Waals surface area contributed by atoms with E-state index in [9.17, 15) is 9.90 Å². The Morgan fingerprint density at radius 3 is 3.10 bits per heavy atom. The second-order valence-corrected chi connectivity index (χ2v) is 6.68. The number of nitrogens with one attached hydrogen (secondary N) is 1. The molecule has 0 radical (unpaired) electrons. The Labute approximate surface area is 126 Å². The van der Waals surface area contributed by atoms with Crippen LogP contribution in [0.2, 0.25) is 0 Å². The molecule has 2 N–H and O–H groups in total. The zero-order valence-electron chi connectivity index (χ0n) is 12.1. The number of anilines is 1. The van der Waals surface area contributed by atoms with Crippen LogP contribution < -0.4 is 5.32 Å². The molecule has 6 nitrogen and oxygen atoms in total. The van der Waals surface area contributed by atoms with Crippen molar-refractivity contribution in [1.82, 2.24) is 14.8 Å². The van der Waals surface area contributed by atoms with E-state index in [0.29, 0.717) is 16.6 Å². The van der Waals surface area contributed by atoms with Gasteiger partial charge in [0.2, 0.25) is 0 Å². The third-order valence-corrected chi connectivity index (χ3v) is 5.19. The number of aryl methyl sites for hydroxylation is 2. The number of pyridine rings is 1. The zero-order valence-corrected chi connectivity index (χ0v) is 12.9. The van der Waals surface area contributed by atoms with Crippen LogP contribution in [0, 0.1) is 6.92 Å². The third kappa shape index (κ3) is 2.57. The Kier molecular flexibility index (Phi) is 3.75. The van der Waals surface area contributed by atoms with Gasteiger partial charge in [0.05, 0.1) is 16.8 Å². The van der Waals surface area contributed by atoms with Crippen LogP contribution >= 0.6 is 11.8 Å². The summed E-state index contributed by atoms with van der Waals surface area (Å²) in [6.07, 6.45) is 3.83. The highest BCUT2D eigenvalue weighted by Gasteiger charge is 2.21. The van der Waals surface area contributed by atoms with Crippen molar-refractivity contribution in [3.05, 3.63) is 17.5 Å². The molecule has 1 aliphatic rings. The number of fused-ring (bicyclic) bond motifs is 1. The summed E-state index contributed by atoms with van der Waals surface area (Å²) in [5.74, 6) is 0.227. The molecule has 1 aliphatic heterocycles. The topological polar surface area (TPSA) is 80.0 Å². The van der Waals surface area contributed by atoms with Gasteiger partial charge in [0, 0.05) is 25.0 Å². The Hall–Kier alpha value is -1.76. The van der Waals surface area contributed by atoms with Gasteiger partial charge in [-0.15, -0.1) is 0 Å². The minimum atomic E-state index is -0.964. The van der Waals surface area contributed by atoms with Crippen molar-refractivity contribution >= 4 is 34.5 Å². The van der Waals surface area contributed by atoms with Crippen molar-refractivity contribution < 1.29 is 9.90 Å². The fraction of sp³-hybridized carbons (Fsp3) is 0.500. The first-order valence-corrected chi connectivity index (χ1v) is 8.04. The molecule has 0 spiro atoms. The first-order chi connectivity index (χ1) is 10.1. The molecule has 0 saturated carbocycles. The van der Waals surface area contributed by atoms with Crippen molar-refractivity contribution in [2.24, 2.45) is 7.05 Å². The summed E-state index contributed by atoms with van der Waals surface area (Å²) in [6, 6.07) is 0. The van der Waals surface area contributed by atoms with Crippen molar-refractivity contribution in [3.8, 4) is 0 Å². The first kappa shape index (κ1) is 14.2. The van der Waals surface area contributed by atoms with E-state index in [1.807, 2.05) is 25.7 Å². The molecule has 0 amide bonds. The van der Waals surface area contributed by atoms with Crippen molar-refractivity contribution in [1.29, 1.82) is 0 Å². The molecule has 1 fully saturated rings. The van der Waals surface area contributed by atoms with E-state index in [1.54, 1.807) is 4.68 Å². The fourth-order valence-corrected chi connectivity index (χ4v) is 3.98. The lowest BCUT2D eigenvalue weighted by molar-refractivity contribution is 0.0697. The normalized spacial score (nSPS) is 18.3. The molecule has 2 aromatic rings. The van der Waals surface area contributed by atoms with Gasteiger partial charge in [-0.05, 0) is 25.5 Å². The summed E-state index contributed by atoms with van der Waals surface area (Å²) in [5, 5.41) is 18.4. The van der Waals surface area contributed by atoms with Gasteiger partial charge >= 0.3 is 5.97 Å². The molecule has 112 valence electrons. The number of hydrogen-bond acceptors (Lipinski definition) is 5.